The highest BCUT2D eigenvalue weighted by Gasteiger charge is 2.38. The quantitative estimate of drug-likeness (QED) is 0.195. The van der Waals surface area contributed by atoms with Gasteiger partial charge in [0.2, 0.25) is 5.91 Å². The maximum Gasteiger partial charge on any atom is 0.407 e. The van der Waals surface area contributed by atoms with Crippen molar-refractivity contribution in [1.82, 2.24) is 24.3 Å². The number of carboxylic acid groups (broad SMARTS) is 1. The number of H-pyrrole nitrogens is 1. The van der Waals surface area contributed by atoms with Crippen LogP contribution in [-0.2, 0) is 29.2 Å². The number of hydrogen-bond acceptors (Lipinski definition) is 5. The van der Waals surface area contributed by atoms with Crippen molar-refractivity contribution in [2.45, 2.75) is 39.0 Å². The summed E-state index contributed by atoms with van der Waals surface area (Å²) in [6.45, 7) is 2.88. The predicted octanol–water partition coefficient (Wildman–Crippen LogP) is 5.11. The zero-order valence-corrected chi connectivity index (χ0v) is 25.4. The maximum atomic E-state index is 14.2. The second-order valence-electron chi connectivity index (χ2n) is 10.9. The molecule has 2 atom stereocenters. The molecule has 0 spiro atoms. The molecule has 4 rings (SSSR count). The van der Waals surface area contributed by atoms with Crippen molar-refractivity contribution in [2.75, 3.05) is 27.2 Å². The van der Waals surface area contributed by atoms with E-state index in [1.165, 1.54) is 18.3 Å². The molecule has 0 saturated heterocycles. The van der Waals surface area contributed by atoms with Gasteiger partial charge in [0.05, 0.1) is 19.9 Å². The molecular formula is C34H40N5O5+. The number of quaternary nitrogens is 1. The molecule has 0 radical (unpaired) electrons. The summed E-state index contributed by atoms with van der Waals surface area (Å²) in [4.78, 5) is 49.8. The fourth-order valence-electron chi connectivity index (χ4n) is 5.12. The summed E-state index contributed by atoms with van der Waals surface area (Å²) in [5.41, 5.74) is 3.26. The van der Waals surface area contributed by atoms with Crippen molar-refractivity contribution in [1.29, 1.82) is 0 Å². The van der Waals surface area contributed by atoms with Gasteiger partial charge < -0.3 is 19.7 Å². The zero-order valence-electron chi connectivity index (χ0n) is 25.4. The van der Waals surface area contributed by atoms with E-state index < -0.39 is 18.0 Å². The lowest BCUT2D eigenvalue weighted by atomic mass is 10.1. The normalized spacial score (nSPS) is 13.0. The topological polar surface area (TPSA) is 116 Å². The Morgan fingerprint density at radius 3 is 2.20 bits per heavy atom. The fourth-order valence-corrected chi connectivity index (χ4v) is 5.12. The summed E-state index contributed by atoms with van der Waals surface area (Å²) in [5, 5.41) is 9.84. The van der Waals surface area contributed by atoms with E-state index in [-0.39, 0.29) is 29.9 Å². The standard InChI is InChI=1S/C34H39N5O5/c1-4-19-39(3,29-13-9-6-10-14-29)32(40)23-38(33(41)31(37(2)34(42)43)20-28-21-35-25-36-28)22-26-15-17-30(18-16-26)44-24-27-11-7-5-8-12-27/h5-18,21,25,31H,4,19-20,22-24H2,1-3H3,(H-,35,36,42,43)/p+1. The largest absolute Gasteiger partial charge is 0.489 e. The van der Waals surface area contributed by atoms with Crippen molar-refractivity contribution >= 4 is 23.6 Å². The lowest BCUT2D eigenvalue weighted by Crippen LogP contribution is -2.58. The number of likely N-dealkylation sites (N-methyl/N-ethyl adjacent to an activating group) is 2. The molecule has 10 heteroatoms. The molecule has 230 valence electrons. The molecule has 0 aliphatic carbocycles. The van der Waals surface area contributed by atoms with Crippen LogP contribution in [0, 0.1) is 0 Å². The second-order valence-corrected chi connectivity index (χ2v) is 10.9. The van der Waals surface area contributed by atoms with Crippen molar-refractivity contribution < 1.29 is 24.2 Å². The molecule has 44 heavy (non-hydrogen) atoms. The second kappa shape index (κ2) is 15.0. The van der Waals surface area contributed by atoms with Gasteiger partial charge >= 0.3 is 12.0 Å². The molecule has 0 aliphatic rings. The Labute approximate surface area is 258 Å². The van der Waals surface area contributed by atoms with Gasteiger partial charge in [0, 0.05) is 31.9 Å². The minimum absolute atomic E-state index is 0.00731. The number of amides is 3. The molecule has 10 nitrogen and oxygen atoms in total. The lowest BCUT2D eigenvalue weighted by Gasteiger charge is -2.35. The smallest absolute Gasteiger partial charge is 0.407 e. The highest BCUT2D eigenvalue weighted by atomic mass is 16.5. The summed E-state index contributed by atoms with van der Waals surface area (Å²) in [6.07, 6.45) is 2.63. The van der Waals surface area contributed by atoms with E-state index >= 15 is 0 Å². The van der Waals surface area contributed by atoms with Gasteiger partial charge in [-0.1, -0.05) is 67.6 Å². The molecule has 1 heterocycles. The van der Waals surface area contributed by atoms with E-state index in [2.05, 4.69) is 9.97 Å². The van der Waals surface area contributed by atoms with Crippen LogP contribution in [0.2, 0.25) is 0 Å². The van der Waals surface area contributed by atoms with Gasteiger partial charge in [0.1, 0.15) is 30.6 Å². The Kier molecular flexibility index (Phi) is 10.9. The van der Waals surface area contributed by atoms with Gasteiger partial charge in [-0.3, -0.25) is 9.69 Å². The van der Waals surface area contributed by atoms with Gasteiger partial charge in [-0.05, 0) is 41.8 Å². The van der Waals surface area contributed by atoms with Gasteiger partial charge in [-0.15, -0.1) is 0 Å². The first kappa shape index (κ1) is 32.0. The van der Waals surface area contributed by atoms with Crippen LogP contribution in [0.4, 0.5) is 10.5 Å². The predicted molar refractivity (Wildman–Crippen MR) is 169 cm³/mol. The Balaban J connectivity index is 1.61. The number of rotatable bonds is 14. The van der Waals surface area contributed by atoms with Crippen LogP contribution >= 0.6 is 0 Å². The molecule has 0 aliphatic heterocycles. The number of aromatic amines is 1. The molecule has 3 amide bonds. The first-order valence-electron chi connectivity index (χ1n) is 14.6. The number of carbonyl (C=O) groups is 3. The average Bonchev–Trinajstić information content (AvgIpc) is 3.56. The van der Waals surface area contributed by atoms with Gasteiger partial charge in [0.25, 0.3) is 0 Å². The molecule has 0 bridgehead atoms. The SMILES string of the molecule is CCC[N+](C)(C(=O)CN(Cc1ccc(OCc2ccccc2)cc1)C(=O)C(Cc1cnc[nH]1)N(C)C(=O)O)c1ccccc1. The molecule has 3 aromatic carbocycles. The summed E-state index contributed by atoms with van der Waals surface area (Å²) in [5.74, 6) is 0.0244. The Morgan fingerprint density at radius 1 is 0.955 bits per heavy atom. The Morgan fingerprint density at radius 2 is 1.61 bits per heavy atom. The zero-order chi connectivity index (χ0) is 31.5. The van der Waals surface area contributed by atoms with Gasteiger partial charge in [-0.25, -0.2) is 19.1 Å². The highest BCUT2D eigenvalue weighted by molar-refractivity contribution is 5.94. The summed E-state index contributed by atoms with van der Waals surface area (Å²) in [7, 11) is 3.22. The van der Waals surface area contributed by atoms with Crippen LogP contribution in [0.25, 0.3) is 0 Å². The van der Waals surface area contributed by atoms with Gasteiger partial charge in [-0.2, -0.15) is 0 Å². The van der Waals surface area contributed by atoms with Crippen LogP contribution in [0.5, 0.6) is 5.75 Å². The third kappa shape index (κ3) is 8.11. The first-order valence-corrected chi connectivity index (χ1v) is 14.6. The number of aromatic nitrogens is 2. The molecule has 4 aromatic rings. The lowest BCUT2D eigenvalue weighted by molar-refractivity contribution is -0.143. The van der Waals surface area contributed by atoms with Crippen LogP contribution in [0.1, 0.15) is 30.2 Å². The Hall–Kier alpha value is -4.96. The maximum absolute atomic E-state index is 14.2. The summed E-state index contributed by atoms with van der Waals surface area (Å²) < 4.78 is 5.93. The van der Waals surface area contributed by atoms with Crippen molar-refractivity contribution in [3.8, 4) is 5.75 Å². The third-order valence-electron chi connectivity index (χ3n) is 7.75. The summed E-state index contributed by atoms with van der Waals surface area (Å²) in [6, 6.07) is 25.6. The van der Waals surface area contributed by atoms with E-state index in [4.69, 9.17) is 4.74 Å². The molecular weight excluding hydrogens is 558 g/mol. The van der Waals surface area contributed by atoms with Crippen LogP contribution in [-0.4, -0.2) is 76.0 Å². The highest BCUT2D eigenvalue weighted by Crippen LogP contribution is 2.24. The third-order valence-corrected chi connectivity index (χ3v) is 7.75. The van der Waals surface area contributed by atoms with Gasteiger partial charge in [0.15, 0.2) is 0 Å². The van der Waals surface area contributed by atoms with Crippen LogP contribution in [0.15, 0.2) is 97.5 Å². The number of imidazole rings is 1. The van der Waals surface area contributed by atoms with Crippen LogP contribution < -0.4 is 9.22 Å². The van der Waals surface area contributed by atoms with Crippen molar-refractivity contribution in [2.24, 2.45) is 0 Å². The van der Waals surface area contributed by atoms with Crippen molar-refractivity contribution in [3.63, 3.8) is 0 Å². The van der Waals surface area contributed by atoms with E-state index in [0.717, 1.165) is 28.1 Å². The number of ether oxygens (including phenoxy) is 1. The number of carbonyl (C=O) groups excluding carboxylic acids is 2. The van der Waals surface area contributed by atoms with E-state index in [0.29, 0.717) is 24.6 Å². The van der Waals surface area contributed by atoms with Crippen molar-refractivity contribution in [3.05, 3.63) is 114 Å². The molecule has 1 aromatic heterocycles. The average molecular weight is 599 g/mol. The molecule has 0 saturated carbocycles. The Bertz CT molecular complexity index is 1500. The number of hydrogen-bond donors (Lipinski definition) is 2. The summed E-state index contributed by atoms with van der Waals surface area (Å²) >= 11 is 0. The monoisotopic (exact) mass is 598 g/mol. The number of nitrogens with zero attached hydrogens (tertiary/aromatic N) is 4. The molecule has 2 N–H and O–H groups in total. The number of benzene rings is 3. The first-order chi connectivity index (χ1) is 21.2. The molecule has 0 fully saturated rings. The minimum Gasteiger partial charge on any atom is -0.489 e. The number of nitrogens with one attached hydrogen (secondary N) is 1. The number of para-hydroxylation sites is 1. The molecule has 2 unspecified atom stereocenters. The van der Waals surface area contributed by atoms with E-state index in [9.17, 15) is 19.5 Å². The fraction of sp³-hybridized carbons (Fsp3) is 0.294. The van der Waals surface area contributed by atoms with E-state index in [1.807, 2.05) is 98.9 Å². The van der Waals surface area contributed by atoms with E-state index in [1.54, 1.807) is 6.20 Å². The minimum atomic E-state index is -1.25. The van der Waals surface area contributed by atoms with Crippen LogP contribution in [0.3, 0.4) is 0 Å².